The zero-order valence-corrected chi connectivity index (χ0v) is 55.1. The molecule has 6 nitrogen and oxygen atoms in total. The number of carbonyl (C=O) groups is 3. The Morgan fingerprint density at radius 2 is 0.444 bits per heavy atom. The molecule has 1 atom stereocenters. The number of hydrogen-bond donors (Lipinski definition) is 0. The van der Waals surface area contributed by atoms with Crippen molar-refractivity contribution in [3.63, 3.8) is 0 Å². The first-order chi connectivity index (χ1) is 40.0. The standard InChI is InChI=1S/C75H142O6/c1-4-7-10-13-16-19-22-25-28-30-32-33-34-35-36-37-38-39-40-41-43-44-47-50-53-56-59-62-65-68-74(77)80-71-72(70-79-73(76)67-64-61-58-55-52-49-46-27-24-21-18-15-12-9-6-3)81-75(78)69-66-63-60-57-54-51-48-45-42-31-29-26-23-20-17-14-11-8-5-2/h17,20,26,29,72H,4-16,18-19,21-25,27-28,30-71H2,1-3H3/b20-17-,29-26-. The van der Waals surface area contributed by atoms with Crippen LogP contribution in [0.5, 0.6) is 0 Å². The lowest BCUT2D eigenvalue weighted by molar-refractivity contribution is -0.167. The third kappa shape index (κ3) is 68.6. The Morgan fingerprint density at radius 1 is 0.247 bits per heavy atom. The molecule has 0 N–H and O–H groups in total. The summed E-state index contributed by atoms with van der Waals surface area (Å²) in [5.74, 6) is -0.836. The summed E-state index contributed by atoms with van der Waals surface area (Å²) in [4.78, 5) is 38.5. The number of hydrogen-bond acceptors (Lipinski definition) is 6. The number of ether oxygens (including phenoxy) is 3. The highest BCUT2D eigenvalue weighted by atomic mass is 16.6. The van der Waals surface area contributed by atoms with E-state index in [1.807, 2.05) is 0 Å². The van der Waals surface area contributed by atoms with Crippen LogP contribution in [-0.4, -0.2) is 37.2 Å². The van der Waals surface area contributed by atoms with E-state index in [1.165, 1.54) is 315 Å². The van der Waals surface area contributed by atoms with Crippen molar-refractivity contribution < 1.29 is 28.6 Å². The van der Waals surface area contributed by atoms with Gasteiger partial charge in [0.25, 0.3) is 0 Å². The van der Waals surface area contributed by atoms with Crippen molar-refractivity contribution in [1.82, 2.24) is 0 Å². The van der Waals surface area contributed by atoms with Crippen LogP contribution in [0.25, 0.3) is 0 Å². The molecule has 0 saturated carbocycles. The molecule has 478 valence electrons. The van der Waals surface area contributed by atoms with Crippen LogP contribution in [0, 0.1) is 0 Å². The van der Waals surface area contributed by atoms with Crippen LogP contribution in [0.2, 0.25) is 0 Å². The highest BCUT2D eigenvalue weighted by Crippen LogP contribution is 2.19. The summed E-state index contributed by atoms with van der Waals surface area (Å²) >= 11 is 0. The fourth-order valence-electron chi connectivity index (χ4n) is 11.4. The average Bonchev–Trinajstić information content (AvgIpc) is 3.47. The van der Waals surface area contributed by atoms with Crippen LogP contribution in [0.3, 0.4) is 0 Å². The summed E-state index contributed by atoms with van der Waals surface area (Å²) in [5, 5.41) is 0. The molecule has 81 heavy (non-hydrogen) atoms. The van der Waals surface area contributed by atoms with Crippen LogP contribution in [-0.2, 0) is 28.6 Å². The molecule has 0 saturated heterocycles. The normalized spacial score (nSPS) is 12.1. The second-order valence-electron chi connectivity index (χ2n) is 25.2. The number of unbranched alkanes of at least 4 members (excludes halogenated alkanes) is 54. The molecule has 0 aromatic rings. The minimum absolute atomic E-state index is 0.0663. The summed E-state index contributed by atoms with van der Waals surface area (Å²) in [7, 11) is 0. The fourth-order valence-corrected chi connectivity index (χ4v) is 11.4. The maximum Gasteiger partial charge on any atom is 0.306 e. The molecular formula is C75H142O6. The summed E-state index contributed by atoms with van der Waals surface area (Å²) in [6, 6.07) is 0. The van der Waals surface area contributed by atoms with Crippen molar-refractivity contribution in [2.24, 2.45) is 0 Å². The van der Waals surface area contributed by atoms with E-state index in [-0.39, 0.29) is 31.1 Å². The molecule has 0 aromatic carbocycles. The summed E-state index contributed by atoms with van der Waals surface area (Å²) in [6.45, 7) is 6.70. The lowest BCUT2D eigenvalue weighted by atomic mass is 10.0. The molecule has 0 aromatic heterocycles. The molecule has 0 aliphatic rings. The average molecular weight is 1140 g/mol. The summed E-state index contributed by atoms with van der Waals surface area (Å²) < 4.78 is 17.0. The van der Waals surface area contributed by atoms with Gasteiger partial charge in [-0.1, -0.05) is 373 Å². The van der Waals surface area contributed by atoms with E-state index >= 15 is 0 Å². The third-order valence-electron chi connectivity index (χ3n) is 17.0. The van der Waals surface area contributed by atoms with Crippen LogP contribution < -0.4 is 0 Å². The van der Waals surface area contributed by atoms with E-state index in [0.29, 0.717) is 19.3 Å². The molecule has 6 heteroatoms. The fraction of sp³-hybridized carbons (Fsp3) is 0.907. The topological polar surface area (TPSA) is 78.9 Å². The van der Waals surface area contributed by atoms with E-state index in [1.54, 1.807) is 0 Å². The van der Waals surface area contributed by atoms with Crippen molar-refractivity contribution in [3.05, 3.63) is 24.3 Å². The number of allylic oxidation sites excluding steroid dienone is 4. The second kappa shape index (κ2) is 70.4. The van der Waals surface area contributed by atoms with Gasteiger partial charge in [0, 0.05) is 19.3 Å². The second-order valence-corrected chi connectivity index (χ2v) is 25.2. The van der Waals surface area contributed by atoms with Gasteiger partial charge in [0.2, 0.25) is 0 Å². The first-order valence-corrected chi connectivity index (χ1v) is 36.8. The van der Waals surface area contributed by atoms with Crippen LogP contribution >= 0.6 is 0 Å². The smallest absolute Gasteiger partial charge is 0.306 e. The minimum atomic E-state index is -0.771. The Kier molecular flexibility index (Phi) is 68.5. The molecule has 0 fully saturated rings. The van der Waals surface area contributed by atoms with Gasteiger partial charge in [-0.25, -0.2) is 0 Å². The molecule has 1 unspecified atom stereocenters. The maximum absolute atomic E-state index is 13.0. The van der Waals surface area contributed by atoms with Crippen molar-refractivity contribution >= 4 is 17.9 Å². The Morgan fingerprint density at radius 3 is 0.704 bits per heavy atom. The Labute approximate surface area is 506 Å². The molecule has 0 rings (SSSR count). The summed E-state index contributed by atoms with van der Waals surface area (Å²) in [6.07, 6.45) is 86.5. The van der Waals surface area contributed by atoms with Crippen molar-refractivity contribution in [2.75, 3.05) is 13.2 Å². The van der Waals surface area contributed by atoms with E-state index in [0.717, 1.165) is 64.2 Å². The summed E-state index contributed by atoms with van der Waals surface area (Å²) in [5.41, 5.74) is 0. The number of carbonyl (C=O) groups excluding carboxylic acids is 3. The van der Waals surface area contributed by atoms with E-state index in [4.69, 9.17) is 14.2 Å². The highest BCUT2D eigenvalue weighted by molar-refractivity contribution is 5.71. The lowest BCUT2D eigenvalue weighted by Crippen LogP contribution is -2.30. The third-order valence-corrected chi connectivity index (χ3v) is 17.0. The van der Waals surface area contributed by atoms with Crippen LogP contribution in [0.15, 0.2) is 24.3 Å². The van der Waals surface area contributed by atoms with Gasteiger partial charge in [-0.2, -0.15) is 0 Å². The largest absolute Gasteiger partial charge is 0.462 e. The zero-order chi connectivity index (χ0) is 58.5. The lowest BCUT2D eigenvalue weighted by Gasteiger charge is -2.18. The molecule has 0 heterocycles. The zero-order valence-electron chi connectivity index (χ0n) is 55.1. The Bertz CT molecular complexity index is 1310. The quantitative estimate of drug-likeness (QED) is 0.0261. The van der Waals surface area contributed by atoms with E-state index in [2.05, 4.69) is 45.1 Å². The van der Waals surface area contributed by atoms with Crippen molar-refractivity contribution in [1.29, 1.82) is 0 Å². The van der Waals surface area contributed by atoms with Gasteiger partial charge in [-0.15, -0.1) is 0 Å². The highest BCUT2D eigenvalue weighted by Gasteiger charge is 2.20. The van der Waals surface area contributed by atoms with Gasteiger partial charge < -0.3 is 14.2 Å². The molecule has 0 amide bonds. The van der Waals surface area contributed by atoms with Crippen molar-refractivity contribution in [2.45, 2.75) is 425 Å². The van der Waals surface area contributed by atoms with Gasteiger partial charge in [0.15, 0.2) is 6.10 Å². The van der Waals surface area contributed by atoms with Gasteiger partial charge in [0.1, 0.15) is 13.2 Å². The number of rotatable bonds is 69. The van der Waals surface area contributed by atoms with Gasteiger partial charge in [-0.05, 0) is 51.4 Å². The van der Waals surface area contributed by atoms with Gasteiger partial charge >= 0.3 is 17.9 Å². The maximum atomic E-state index is 13.0. The first-order valence-electron chi connectivity index (χ1n) is 36.8. The molecule has 0 aliphatic carbocycles. The number of esters is 3. The molecule has 0 radical (unpaired) electrons. The predicted molar refractivity (Wildman–Crippen MR) is 353 cm³/mol. The molecular weight excluding hydrogens is 997 g/mol. The van der Waals surface area contributed by atoms with E-state index < -0.39 is 6.10 Å². The van der Waals surface area contributed by atoms with Crippen LogP contribution in [0.4, 0.5) is 0 Å². The molecule has 0 aliphatic heterocycles. The van der Waals surface area contributed by atoms with Gasteiger partial charge in [0.05, 0.1) is 0 Å². The predicted octanol–water partition coefficient (Wildman–Crippen LogP) is 25.3. The molecule has 0 bridgehead atoms. The van der Waals surface area contributed by atoms with E-state index in [9.17, 15) is 14.4 Å². The minimum Gasteiger partial charge on any atom is -0.462 e. The SMILES string of the molecule is CCCCC/C=C\C/C=C\CCCCCCCCCCCC(=O)OC(COC(=O)CCCCCCCCCCCCCCCCC)COC(=O)CCCCCCCCCCCCCCCCCCCCCCCCCCCCCCC. The first kappa shape index (κ1) is 78.9. The Balaban J connectivity index is 4.19. The van der Waals surface area contributed by atoms with Crippen molar-refractivity contribution in [3.8, 4) is 0 Å². The van der Waals surface area contributed by atoms with Gasteiger partial charge in [-0.3, -0.25) is 14.4 Å². The molecule has 0 spiro atoms. The Hall–Kier alpha value is -2.11. The van der Waals surface area contributed by atoms with Crippen LogP contribution in [0.1, 0.15) is 419 Å². The monoisotopic (exact) mass is 1140 g/mol.